The molecule has 0 spiro atoms. The van der Waals surface area contributed by atoms with Gasteiger partial charge in [0.05, 0.1) is 123 Å². The van der Waals surface area contributed by atoms with Crippen molar-refractivity contribution in [3.63, 3.8) is 0 Å². The third-order valence-corrected chi connectivity index (χ3v) is 5.89. The van der Waals surface area contributed by atoms with E-state index in [4.69, 9.17) is 46.8 Å². The van der Waals surface area contributed by atoms with Crippen molar-refractivity contribution in [2.24, 2.45) is 0 Å². The van der Waals surface area contributed by atoms with Crippen LogP contribution in [0.3, 0.4) is 0 Å². The highest BCUT2D eigenvalue weighted by Crippen LogP contribution is 2.10. The molecule has 0 fully saturated rings. The highest BCUT2D eigenvalue weighted by Gasteiger charge is 2.13. The molecule has 0 aliphatic rings. The van der Waals surface area contributed by atoms with Gasteiger partial charge in [0.25, 0.3) is 10.1 Å². The Hall–Kier alpha value is -1.65. The Morgan fingerprint density at radius 2 is 0.795 bits per heavy atom. The third-order valence-electron chi connectivity index (χ3n) is 4.57. The Morgan fingerprint density at radius 1 is 0.487 bits per heavy atom. The lowest BCUT2D eigenvalue weighted by atomic mass is 10.4. The maximum atomic E-state index is 11.9. The first-order valence-electron chi connectivity index (χ1n) is 13.0. The molecular weight excluding hydrogens is 536 g/mol. The van der Waals surface area contributed by atoms with E-state index in [1.165, 1.54) is 18.4 Å². The summed E-state index contributed by atoms with van der Waals surface area (Å²) in [6.45, 7) is 11.1. The molecule has 0 saturated heterocycles. The predicted octanol–water partition coefficient (Wildman–Crippen LogP) is 1.68. The molecule has 1 rings (SSSR count). The van der Waals surface area contributed by atoms with Gasteiger partial charge in [0.15, 0.2) is 0 Å². The van der Waals surface area contributed by atoms with E-state index in [1.54, 1.807) is 18.2 Å². The lowest BCUT2D eigenvalue weighted by molar-refractivity contribution is -0.0243. The topological polar surface area (TPSA) is 126 Å². The lowest BCUT2D eigenvalue weighted by Gasteiger charge is -2.09. The molecule has 0 saturated carbocycles. The van der Waals surface area contributed by atoms with Gasteiger partial charge in [0, 0.05) is 0 Å². The van der Waals surface area contributed by atoms with E-state index in [0.717, 1.165) is 0 Å². The minimum atomic E-state index is -3.75. The summed E-state index contributed by atoms with van der Waals surface area (Å²) < 4.78 is 76.8. The number of ether oxygens (including phenoxy) is 9. The Labute approximate surface area is 232 Å². The lowest BCUT2D eigenvalue weighted by Crippen LogP contribution is -2.15. The van der Waals surface area contributed by atoms with Crippen LogP contribution in [-0.4, -0.2) is 127 Å². The van der Waals surface area contributed by atoms with Crippen LogP contribution in [0.4, 0.5) is 0 Å². The van der Waals surface area contributed by atoms with Gasteiger partial charge in [-0.1, -0.05) is 24.8 Å². The Balaban J connectivity index is 1.70. The van der Waals surface area contributed by atoms with Crippen LogP contribution < -0.4 is 0 Å². The predicted molar refractivity (Wildman–Crippen MR) is 142 cm³/mol. The fraction of sp³-hybridized carbons (Fsp3) is 0.692. The van der Waals surface area contributed by atoms with E-state index in [0.29, 0.717) is 106 Å². The maximum Gasteiger partial charge on any atom is 0.297 e. The van der Waals surface area contributed by atoms with Crippen LogP contribution in [0.25, 0.3) is 0 Å². The zero-order valence-corrected chi connectivity index (χ0v) is 23.5. The monoisotopic (exact) mass is 580 g/mol. The van der Waals surface area contributed by atoms with Gasteiger partial charge >= 0.3 is 0 Å². The molecule has 1 aromatic carbocycles. The largest absolute Gasteiger partial charge is 0.499 e. The molecule has 0 aliphatic carbocycles. The van der Waals surface area contributed by atoms with Crippen LogP contribution in [0.5, 0.6) is 0 Å². The minimum Gasteiger partial charge on any atom is -0.499 e. The van der Waals surface area contributed by atoms with Crippen LogP contribution in [0, 0.1) is 0 Å². The molecule has 0 heterocycles. The second kappa shape index (κ2) is 26.6. The molecule has 39 heavy (non-hydrogen) atoms. The molecule has 0 amide bonds. The van der Waals surface area contributed by atoms with Crippen molar-refractivity contribution in [3.05, 3.63) is 43.2 Å². The molecule has 0 N–H and O–H groups in total. The smallest absolute Gasteiger partial charge is 0.297 e. The van der Waals surface area contributed by atoms with E-state index >= 15 is 0 Å². The Kier molecular flexibility index (Phi) is 24.1. The first-order valence-corrected chi connectivity index (χ1v) is 14.4. The summed E-state index contributed by atoms with van der Waals surface area (Å²) >= 11 is 0. The summed E-state index contributed by atoms with van der Waals surface area (Å²) in [6.07, 6.45) is 1.39. The third kappa shape index (κ3) is 22.8. The van der Waals surface area contributed by atoms with Gasteiger partial charge in [-0.15, -0.1) is 0 Å². The van der Waals surface area contributed by atoms with Crippen LogP contribution in [0.15, 0.2) is 48.1 Å². The fourth-order valence-corrected chi connectivity index (χ4v) is 3.60. The number of hydrogen-bond donors (Lipinski definition) is 0. The van der Waals surface area contributed by atoms with E-state index < -0.39 is 10.1 Å². The summed E-state index contributed by atoms with van der Waals surface area (Å²) in [5.74, 6) is 0. The highest BCUT2D eigenvalue weighted by atomic mass is 32.2. The van der Waals surface area contributed by atoms with Crippen molar-refractivity contribution >= 4 is 10.1 Å². The van der Waals surface area contributed by atoms with Crippen molar-refractivity contribution in [1.29, 1.82) is 0 Å². The molecule has 12 nitrogen and oxygen atoms in total. The van der Waals surface area contributed by atoms with Crippen LogP contribution >= 0.6 is 0 Å². The van der Waals surface area contributed by atoms with E-state index in [-0.39, 0.29) is 18.1 Å². The zero-order valence-electron chi connectivity index (χ0n) is 22.7. The first kappa shape index (κ1) is 35.4. The second-order valence-electron chi connectivity index (χ2n) is 7.53. The SMILES string of the molecule is C=COCCOCCOCCOCCOCCOCCOCCOCCOCCOS(=O)(=O)c1ccccc1. The zero-order chi connectivity index (χ0) is 28.1. The van der Waals surface area contributed by atoms with Crippen molar-refractivity contribution < 1.29 is 55.2 Å². The molecule has 0 aromatic heterocycles. The fourth-order valence-electron chi connectivity index (χ4n) is 2.69. The maximum absolute atomic E-state index is 11.9. The van der Waals surface area contributed by atoms with E-state index in [1.807, 2.05) is 0 Å². The van der Waals surface area contributed by atoms with Gasteiger partial charge < -0.3 is 42.6 Å². The van der Waals surface area contributed by atoms with Crippen molar-refractivity contribution in [2.45, 2.75) is 4.90 Å². The molecule has 0 aliphatic heterocycles. The highest BCUT2D eigenvalue weighted by molar-refractivity contribution is 7.86. The first-order chi connectivity index (χ1) is 19.2. The average molecular weight is 581 g/mol. The normalized spacial score (nSPS) is 11.6. The molecule has 0 unspecified atom stereocenters. The molecule has 1 aromatic rings. The Bertz CT molecular complexity index is 763. The quantitative estimate of drug-likeness (QED) is 0.0746. The molecule has 0 atom stereocenters. The Morgan fingerprint density at radius 3 is 1.13 bits per heavy atom. The van der Waals surface area contributed by atoms with Gasteiger partial charge in [-0.25, -0.2) is 0 Å². The summed E-state index contributed by atoms with van der Waals surface area (Å²) in [5.41, 5.74) is 0. The van der Waals surface area contributed by atoms with E-state index in [2.05, 4.69) is 6.58 Å². The number of hydrogen-bond acceptors (Lipinski definition) is 12. The van der Waals surface area contributed by atoms with Gasteiger partial charge in [-0.3, -0.25) is 4.18 Å². The van der Waals surface area contributed by atoms with Gasteiger partial charge in [0.2, 0.25) is 0 Å². The van der Waals surface area contributed by atoms with Gasteiger partial charge in [0.1, 0.15) is 6.61 Å². The summed E-state index contributed by atoms with van der Waals surface area (Å²) in [4.78, 5) is 0.122. The van der Waals surface area contributed by atoms with Crippen LogP contribution in [-0.2, 0) is 56.9 Å². The van der Waals surface area contributed by atoms with Crippen LogP contribution in [0.2, 0.25) is 0 Å². The summed E-state index contributed by atoms with van der Waals surface area (Å²) in [6, 6.07) is 7.98. The van der Waals surface area contributed by atoms with Crippen LogP contribution in [0.1, 0.15) is 0 Å². The molecule has 0 bridgehead atoms. The number of rotatable bonds is 30. The van der Waals surface area contributed by atoms with Crippen molar-refractivity contribution in [3.8, 4) is 0 Å². The number of benzene rings is 1. The standard InChI is InChI=1S/C26H44O12S/c1-2-29-8-9-30-10-11-31-12-13-32-14-15-33-16-17-34-18-19-35-20-21-36-22-23-37-24-25-38-39(27,28)26-6-4-3-5-7-26/h2-7H,1,8-25H2. The molecule has 0 radical (unpaired) electrons. The molecule has 226 valence electrons. The van der Waals surface area contributed by atoms with E-state index in [9.17, 15) is 8.42 Å². The van der Waals surface area contributed by atoms with Crippen molar-refractivity contribution in [2.75, 3.05) is 119 Å². The van der Waals surface area contributed by atoms with Gasteiger partial charge in [-0.2, -0.15) is 8.42 Å². The average Bonchev–Trinajstić information content (AvgIpc) is 2.95. The summed E-state index contributed by atoms with van der Waals surface area (Å²) in [7, 11) is -3.75. The summed E-state index contributed by atoms with van der Waals surface area (Å²) in [5, 5.41) is 0. The minimum absolute atomic E-state index is 0.0557. The van der Waals surface area contributed by atoms with Gasteiger partial charge in [-0.05, 0) is 12.1 Å². The second-order valence-corrected chi connectivity index (χ2v) is 9.14. The molecule has 13 heteroatoms. The van der Waals surface area contributed by atoms with Crippen molar-refractivity contribution in [1.82, 2.24) is 0 Å². The molecular formula is C26H44O12S.